The van der Waals surface area contributed by atoms with E-state index in [1.807, 2.05) is 19.2 Å². The van der Waals surface area contributed by atoms with Crippen LogP contribution in [0.4, 0.5) is 5.69 Å². The van der Waals surface area contributed by atoms with Crippen molar-refractivity contribution < 1.29 is 0 Å². The predicted octanol–water partition coefficient (Wildman–Crippen LogP) is 3.92. The Hall–Kier alpha value is -1.80. The highest BCUT2D eigenvalue weighted by Crippen LogP contribution is 2.33. The van der Waals surface area contributed by atoms with Gasteiger partial charge < -0.3 is 10.2 Å². The molecule has 1 heterocycles. The maximum Gasteiger partial charge on any atom is 0.0443 e. The molecule has 0 fully saturated rings. The Bertz CT molecular complexity index is 542. The van der Waals surface area contributed by atoms with Crippen molar-refractivity contribution in [3.8, 4) is 0 Å². The Morgan fingerprint density at radius 3 is 2.67 bits per heavy atom. The van der Waals surface area contributed by atoms with Gasteiger partial charge in [-0.2, -0.15) is 0 Å². The van der Waals surface area contributed by atoms with Crippen molar-refractivity contribution in [1.82, 2.24) is 5.32 Å². The Morgan fingerprint density at radius 1 is 1.24 bits per heavy atom. The SMILES string of the molecule is C=CC1=C(C=C)N(CC(C)CNC)c2ccccc2CC1. The molecule has 21 heavy (non-hydrogen) atoms. The Morgan fingerprint density at radius 2 is 2.00 bits per heavy atom. The molecule has 2 nitrogen and oxygen atoms in total. The van der Waals surface area contributed by atoms with E-state index in [0.29, 0.717) is 5.92 Å². The standard InChI is InChI=1S/C19H26N2/c1-5-16-11-12-17-9-7-8-10-19(17)21(18(16)6-2)14-15(3)13-20-4/h5-10,15,20H,1-2,11-14H2,3-4H3. The minimum atomic E-state index is 0.558. The number of para-hydroxylation sites is 1. The molecule has 0 aliphatic carbocycles. The van der Waals surface area contributed by atoms with Gasteiger partial charge in [0.15, 0.2) is 0 Å². The molecule has 1 aromatic carbocycles. The summed E-state index contributed by atoms with van der Waals surface area (Å²) in [6, 6.07) is 8.70. The van der Waals surface area contributed by atoms with Gasteiger partial charge in [0.25, 0.3) is 0 Å². The Kier molecular flexibility index (Phi) is 5.40. The molecule has 112 valence electrons. The second-order valence-corrected chi connectivity index (χ2v) is 5.72. The number of fused-ring (bicyclic) bond motifs is 1. The molecule has 0 radical (unpaired) electrons. The molecule has 0 amide bonds. The summed E-state index contributed by atoms with van der Waals surface area (Å²) >= 11 is 0. The normalized spacial score (nSPS) is 16.2. The zero-order valence-corrected chi connectivity index (χ0v) is 13.2. The fraction of sp³-hybridized carbons (Fsp3) is 0.368. The molecule has 0 bridgehead atoms. The van der Waals surface area contributed by atoms with Gasteiger partial charge in [-0.15, -0.1) is 0 Å². The van der Waals surface area contributed by atoms with Crippen LogP contribution in [0.3, 0.4) is 0 Å². The monoisotopic (exact) mass is 282 g/mol. The number of hydrogen-bond donors (Lipinski definition) is 1. The molecule has 1 atom stereocenters. The predicted molar refractivity (Wildman–Crippen MR) is 92.6 cm³/mol. The van der Waals surface area contributed by atoms with E-state index < -0.39 is 0 Å². The quantitative estimate of drug-likeness (QED) is 0.850. The lowest BCUT2D eigenvalue weighted by molar-refractivity contribution is 0.544. The van der Waals surface area contributed by atoms with Gasteiger partial charge in [-0.25, -0.2) is 0 Å². The lowest BCUT2D eigenvalue weighted by Gasteiger charge is -2.30. The minimum Gasteiger partial charge on any atom is -0.341 e. The van der Waals surface area contributed by atoms with Gasteiger partial charge >= 0.3 is 0 Å². The van der Waals surface area contributed by atoms with E-state index in [-0.39, 0.29) is 0 Å². The van der Waals surface area contributed by atoms with Crippen molar-refractivity contribution in [2.24, 2.45) is 5.92 Å². The van der Waals surface area contributed by atoms with Crippen molar-refractivity contribution in [1.29, 1.82) is 0 Å². The highest BCUT2D eigenvalue weighted by atomic mass is 15.1. The van der Waals surface area contributed by atoms with Crippen LogP contribution in [-0.2, 0) is 6.42 Å². The first-order valence-corrected chi connectivity index (χ1v) is 7.69. The first-order valence-electron chi connectivity index (χ1n) is 7.69. The molecule has 2 rings (SSSR count). The van der Waals surface area contributed by atoms with Crippen molar-refractivity contribution in [3.63, 3.8) is 0 Å². The molecule has 1 unspecified atom stereocenters. The van der Waals surface area contributed by atoms with Gasteiger partial charge in [0, 0.05) is 17.9 Å². The number of anilines is 1. The number of allylic oxidation sites excluding steroid dienone is 3. The summed E-state index contributed by atoms with van der Waals surface area (Å²) in [6.45, 7) is 12.3. The molecule has 0 spiro atoms. The van der Waals surface area contributed by atoms with Crippen LogP contribution in [0.15, 0.2) is 60.8 Å². The number of nitrogens with zero attached hydrogens (tertiary/aromatic N) is 1. The minimum absolute atomic E-state index is 0.558. The largest absolute Gasteiger partial charge is 0.341 e. The van der Waals surface area contributed by atoms with Crippen LogP contribution in [0.1, 0.15) is 18.9 Å². The summed E-state index contributed by atoms with van der Waals surface area (Å²) in [7, 11) is 2.01. The smallest absolute Gasteiger partial charge is 0.0443 e. The van der Waals surface area contributed by atoms with Crippen LogP contribution in [0.2, 0.25) is 0 Å². The zero-order chi connectivity index (χ0) is 15.2. The third kappa shape index (κ3) is 3.45. The summed E-state index contributed by atoms with van der Waals surface area (Å²) in [5.74, 6) is 0.558. The van der Waals surface area contributed by atoms with Gasteiger partial charge in [0.05, 0.1) is 0 Å². The van der Waals surface area contributed by atoms with E-state index in [0.717, 1.165) is 25.9 Å². The third-order valence-corrected chi connectivity index (χ3v) is 4.05. The number of nitrogens with one attached hydrogen (secondary N) is 1. The fourth-order valence-electron chi connectivity index (χ4n) is 3.06. The van der Waals surface area contributed by atoms with E-state index in [2.05, 4.69) is 54.6 Å². The molecule has 0 saturated carbocycles. The summed E-state index contributed by atoms with van der Waals surface area (Å²) in [5.41, 5.74) is 5.22. The highest BCUT2D eigenvalue weighted by molar-refractivity contribution is 5.63. The van der Waals surface area contributed by atoms with Crippen molar-refractivity contribution in [3.05, 3.63) is 66.4 Å². The number of aryl methyl sites for hydroxylation is 1. The first-order chi connectivity index (χ1) is 10.2. The molecular weight excluding hydrogens is 256 g/mol. The summed E-state index contributed by atoms with van der Waals surface area (Å²) in [6.07, 6.45) is 6.05. The molecular formula is C19H26N2. The van der Waals surface area contributed by atoms with Crippen LogP contribution < -0.4 is 10.2 Å². The van der Waals surface area contributed by atoms with E-state index >= 15 is 0 Å². The second-order valence-electron chi connectivity index (χ2n) is 5.72. The van der Waals surface area contributed by atoms with E-state index in [1.54, 1.807) is 0 Å². The maximum atomic E-state index is 4.04. The number of rotatable bonds is 6. The highest BCUT2D eigenvalue weighted by Gasteiger charge is 2.21. The van der Waals surface area contributed by atoms with Gasteiger partial charge in [0.2, 0.25) is 0 Å². The molecule has 1 aromatic rings. The Labute approximate surface area is 128 Å². The van der Waals surface area contributed by atoms with Gasteiger partial charge in [0.1, 0.15) is 0 Å². The molecule has 0 saturated heterocycles. The molecule has 2 heteroatoms. The molecule has 0 aromatic heterocycles. The van der Waals surface area contributed by atoms with Crippen molar-refractivity contribution in [2.45, 2.75) is 19.8 Å². The molecule has 1 aliphatic rings. The average molecular weight is 282 g/mol. The third-order valence-electron chi connectivity index (χ3n) is 4.05. The van der Waals surface area contributed by atoms with E-state index in [9.17, 15) is 0 Å². The molecule has 1 aliphatic heterocycles. The van der Waals surface area contributed by atoms with Crippen LogP contribution in [-0.4, -0.2) is 20.1 Å². The van der Waals surface area contributed by atoms with Gasteiger partial charge in [-0.1, -0.05) is 44.4 Å². The second kappa shape index (κ2) is 7.28. The van der Waals surface area contributed by atoms with Crippen molar-refractivity contribution >= 4 is 5.69 Å². The number of benzene rings is 1. The average Bonchev–Trinajstić information content (AvgIpc) is 2.64. The lowest BCUT2D eigenvalue weighted by atomic mass is 10.0. The summed E-state index contributed by atoms with van der Waals surface area (Å²) in [5, 5.41) is 3.27. The summed E-state index contributed by atoms with van der Waals surface area (Å²) in [4.78, 5) is 2.41. The zero-order valence-electron chi connectivity index (χ0n) is 13.2. The maximum absolute atomic E-state index is 4.04. The lowest BCUT2D eigenvalue weighted by Crippen LogP contribution is -2.32. The van der Waals surface area contributed by atoms with E-state index in [1.165, 1.54) is 22.5 Å². The topological polar surface area (TPSA) is 15.3 Å². The first kappa shape index (κ1) is 15.6. The Balaban J connectivity index is 2.45. The van der Waals surface area contributed by atoms with Crippen molar-refractivity contribution in [2.75, 3.05) is 25.0 Å². The van der Waals surface area contributed by atoms with Crippen LogP contribution >= 0.6 is 0 Å². The van der Waals surface area contributed by atoms with E-state index in [4.69, 9.17) is 0 Å². The van der Waals surface area contributed by atoms with Gasteiger partial charge in [-0.05, 0) is 55.6 Å². The van der Waals surface area contributed by atoms with Crippen LogP contribution in [0, 0.1) is 5.92 Å². The fourth-order valence-corrected chi connectivity index (χ4v) is 3.06. The molecule has 1 N–H and O–H groups in total. The van der Waals surface area contributed by atoms with Gasteiger partial charge in [-0.3, -0.25) is 0 Å². The number of hydrogen-bond acceptors (Lipinski definition) is 2. The van der Waals surface area contributed by atoms with Crippen LogP contribution in [0.25, 0.3) is 0 Å². The summed E-state index contributed by atoms with van der Waals surface area (Å²) < 4.78 is 0. The van der Waals surface area contributed by atoms with Crippen LogP contribution in [0.5, 0.6) is 0 Å².